The van der Waals surface area contributed by atoms with E-state index in [2.05, 4.69) is 22.9 Å². The number of nitrogens with one attached hydrogen (secondary N) is 1. The van der Waals surface area contributed by atoms with Gasteiger partial charge in [-0.1, -0.05) is 12.1 Å². The second kappa shape index (κ2) is 6.90. The van der Waals surface area contributed by atoms with Crippen LogP contribution in [-0.4, -0.2) is 47.3 Å². The van der Waals surface area contributed by atoms with Crippen LogP contribution in [0.3, 0.4) is 0 Å². The highest BCUT2D eigenvalue weighted by Gasteiger charge is 2.31. The number of likely N-dealkylation sites (tertiary alicyclic amines) is 1. The summed E-state index contributed by atoms with van der Waals surface area (Å²) in [4.78, 5) is 17.9. The van der Waals surface area contributed by atoms with Crippen molar-refractivity contribution in [1.82, 2.24) is 9.88 Å². The van der Waals surface area contributed by atoms with E-state index in [9.17, 15) is 4.79 Å². The zero-order valence-corrected chi connectivity index (χ0v) is 14.8. The number of fused-ring (bicyclic) bond motifs is 3. The van der Waals surface area contributed by atoms with E-state index in [0.29, 0.717) is 12.5 Å². The minimum absolute atomic E-state index is 0.0101. The average Bonchev–Trinajstić information content (AvgIpc) is 2.63. The average molecular weight is 342 g/mol. The Bertz CT molecular complexity index is 822. The summed E-state index contributed by atoms with van der Waals surface area (Å²) in [6.45, 7) is 5.67. The molecule has 1 aromatic heterocycles. The first kappa shape index (κ1) is 16.8. The molecule has 1 fully saturated rings. The van der Waals surface area contributed by atoms with Crippen molar-refractivity contribution in [3.63, 3.8) is 0 Å². The van der Waals surface area contributed by atoms with Gasteiger partial charge in [-0.2, -0.15) is 0 Å². The van der Waals surface area contributed by atoms with Gasteiger partial charge in [0.15, 0.2) is 0 Å². The highest BCUT2D eigenvalue weighted by Crippen LogP contribution is 2.32. The molecule has 1 saturated heterocycles. The molecule has 134 valence electrons. The molecule has 0 spiro atoms. The maximum absolute atomic E-state index is 12.5. The normalized spacial score (nSPS) is 22.2. The van der Waals surface area contributed by atoms with Crippen LogP contribution in [0, 0.1) is 12.8 Å². The fourth-order valence-corrected chi connectivity index (χ4v) is 4.46. The third-order valence-electron chi connectivity index (χ3n) is 5.87. The molecule has 4 rings (SSSR count). The monoisotopic (exact) mass is 342 g/mol. The van der Waals surface area contributed by atoms with Crippen LogP contribution >= 0.6 is 0 Å². The zero-order valence-electron chi connectivity index (χ0n) is 14.8. The van der Waals surface area contributed by atoms with Gasteiger partial charge < -0.3 is 19.7 Å². The van der Waals surface area contributed by atoms with Crippen LogP contribution in [0.2, 0.25) is 0 Å². The van der Waals surface area contributed by atoms with E-state index in [1.807, 2.05) is 12.1 Å². The largest absolute Gasteiger partial charge is 0.395 e. The molecule has 2 aliphatic rings. The van der Waals surface area contributed by atoms with Crippen LogP contribution in [0.25, 0.3) is 10.8 Å². The Morgan fingerprint density at radius 1 is 1.32 bits per heavy atom. The van der Waals surface area contributed by atoms with Gasteiger partial charge in [0.25, 0.3) is 5.56 Å². The maximum Gasteiger partial charge on any atom is 0.256 e. The number of rotatable bonds is 3. The van der Waals surface area contributed by atoms with Crippen LogP contribution in [-0.2, 0) is 17.8 Å². The maximum atomic E-state index is 12.5. The molecule has 5 heteroatoms. The van der Waals surface area contributed by atoms with Crippen molar-refractivity contribution in [2.45, 2.75) is 38.9 Å². The van der Waals surface area contributed by atoms with Crippen LogP contribution in [0.4, 0.5) is 0 Å². The number of hydrogen-bond acceptors (Lipinski definition) is 4. The molecule has 1 aromatic carbocycles. The molecule has 0 aliphatic carbocycles. The van der Waals surface area contributed by atoms with Gasteiger partial charge in [-0.05, 0) is 55.8 Å². The topological polar surface area (TPSA) is 65.6 Å². The lowest BCUT2D eigenvalue weighted by molar-refractivity contribution is -0.0296. The fraction of sp³-hybridized carbons (Fsp3) is 0.550. The number of hydrogen-bond donors (Lipinski definition) is 2. The number of piperidine rings is 1. The van der Waals surface area contributed by atoms with Crippen molar-refractivity contribution in [2.24, 2.45) is 5.92 Å². The molecular weight excluding hydrogens is 316 g/mol. The summed E-state index contributed by atoms with van der Waals surface area (Å²) in [5.41, 5.74) is 3.36. The van der Waals surface area contributed by atoms with E-state index in [4.69, 9.17) is 9.84 Å². The van der Waals surface area contributed by atoms with Crippen LogP contribution in [0.1, 0.15) is 29.7 Å². The Labute approximate surface area is 147 Å². The second-order valence-corrected chi connectivity index (χ2v) is 7.36. The van der Waals surface area contributed by atoms with E-state index in [1.165, 1.54) is 0 Å². The van der Waals surface area contributed by atoms with Crippen molar-refractivity contribution in [1.29, 1.82) is 0 Å². The summed E-state index contributed by atoms with van der Waals surface area (Å²) < 4.78 is 6.25. The first-order valence-corrected chi connectivity index (χ1v) is 9.25. The summed E-state index contributed by atoms with van der Waals surface area (Å²) in [6, 6.07) is 5.89. The predicted octanol–water partition coefficient (Wildman–Crippen LogP) is 1.98. The summed E-state index contributed by atoms with van der Waals surface area (Å²) in [5, 5.41) is 10.9. The van der Waals surface area contributed by atoms with E-state index in [-0.39, 0.29) is 18.3 Å². The smallest absolute Gasteiger partial charge is 0.256 e. The lowest BCUT2D eigenvalue weighted by atomic mass is 9.86. The predicted molar refractivity (Wildman–Crippen MR) is 97.8 cm³/mol. The SMILES string of the molecule is Cc1cccc2c(=O)[nH]c3c(c12)COC(C1CCN(CCO)CC1)C3. The Kier molecular flexibility index (Phi) is 4.63. The summed E-state index contributed by atoms with van der Waals surface area (Å²) in [5.74, 6) is 0.527. The fourth-order valence-electron chi connectivity index (χ4n) is 4.46. The van der Waals surface area contributed by atoms with E-state index >= 15 is 0 Å². The minimum atomic E-state index is 0.0101. The van der Waals surface area contributed by atoms with Crippen molar-refractivity contribution in [3.8, 4) is 0 Å². The molecule has 0 bridgehead atoms. The molecule has 25 heavy (non-hydrogen) atoms. The van der Waals surface area contributed by atoms with Crippen molar-refractivity contribution < 1.29 is 9.84 Å². The van der Waals surface area contributed by atoms with Crippen molar-refractivity contribution in [2.75, 3.05) is 26.2 Å². The molecule has 3 heterocycles. The Morgan fingerprint density at radius 3 is 2.88 bits per heavy atom. The summed E-state index contributed by atoms with van der Waals surface area (Å²) in [7, 11) is 0. The van der Waals surface area contributed by atoms with Gasteiger partial charge in [-0.25, -0.2) is 0 Å². The first-order valence-electron chi connectivity index (χ1n) is 9.25. The van der Waals surface area contributed by atoms with Gasteiger partial charge in [0.2, 0.25) is 0 Å². The van der Waals surface area contributed by atoms with Gasteiger partial charge in [0.05, 0.1) is 19.3 Å². The molecule has 2 N–H and O–H groups in total. The molecule has 0 amide bonds. The highest BCUT2D eigenvalue weighted by atomic mass is 16.5. The third kappa shape index (κ3) is 3.12. The lowest BCUT2D eigenvalue weighted by Gasteiger charge is -2.37. The molecule has 5 nitrogen and oxygen atoms in total. The number of aliphatic hydroxyl groups is 1. The number of aliphatic hydroxyl groups excluding tert-OH is 1. The molecule has 2 aliphatic heterocycles. The number of β-amino-alcohol motifs (C(OH)–C–C–N with tert-alkyl or cyclic N) is 1. The molecule has 1 unspecified atom stereocenters. The number of ether oxygens (including phenoxy) is 1. The number of H-pyrrole nitrogens is 1. The third-order valence-corrected chi connectivity index (χ3v) is 5.87. The summed E-state index contributed by atoms with van der Waals surface area (Å²) in [6.07, 6.45) is 3.16. The Balaban J connectivity index is 1.57. The number of aromatic amines is 1. The zero-order chi connectivity index (χ0) is 17.4. The van der Waals surface area contributed by atoms with Gasteiger partial charge in [0, 0.05) is 29.6 Å². The number of aryl methyl sites for hydroxylation is 1. The van der Waals surface area contributed by atoms with E-state index in [0.717, 1.165) is 66.5 Å². The van der Waals surface area contributed by atoms with Gasteiger partial charge in [0.1, 0.15) is 0 Å². The quantitative estimate of drug-likeness (QED) is 0.895. The van der Waals surface area contributed by atoms with E-state index in [1.54, 1.807) is 0 Å². The standard InChI is InChI=1S/C20H26N2O3/c1-13-3-2-4-15-19(13)16-12-25-18(11-17(16)21-20(15)24)14-5-7-22(8-6-14)9-10-23/h2-4,14,18,23H,5-12H2,1H3,(H,21,24). The van der Waals surface area contributed by atoms with Crippen LogP contribution in [0.5, 0.6) is 0 Å². The van der Waals surface area contributed by atoms with Gasteiger partial charge >= 0.3 is 0 Å². The second-order valence-electron chi connectivity index (χ2n) is 7.36. The molecule has 1 atom stereocenters. The number of nitrogens with zero attached hydrogens (tertiary/aromatic N) is 1. The van der Waals surface area contributed by atoms with E-state index < -0.39 is 0 Å². The van der Waals surface area contributed by atoms with Crippen LogP contribution < -0.4 is 5.56 Å². The Hall–Kier alpha value is -1.69. The molecular formula is C20H26N2O3. The molecule has 0 saturated carbocycles. The van der Waals surface area contributed by atoms with Crippen LogP contribution in [0.15, 0.2) is 23.0 Å². The van der Waals surface area contributed by atoms with Crippen molar-refractivity contribution >= 4 is 10.8 Å². The molecule has 0 radical (unpaired) electrons. The first-order chi connectivity index (χ1) is 12.2. The van der Waals surface area contributed by atoms with Gasteiger partial charge in [-0.15, -0.1) is 0 Å². The molecule has 2 aromatic rings. The number of pyridine rings is 1. The summed E-state index contributed by atoms with van der Waals surface area (Å²) >= 11 is 0. The Morgan fingerprint density at radius 2 is 2.12 bits per heavy atom. The van der Waals surface area contributed by atoms with Crippen molar-refractivity contribution in [3.05, 3.63) is 45.4 Å². The highest BCUT2D eigenvalue weighted by molar-refractivity contribution is 5.88. The lowest BCUT2D eigenvalue weighted by Crippen LogP contribution is -2.41. The number of aromatic nitrogens is 1. The number of benzene rings is 1. The minimum Gasteiger partial charge on any atom is -0.395 e. The van der Waals surface area contributed by atoms with Gasteiger partial charge in [-0.3, -0.25) is 4.79 Å².